The van der Waals surface area contributed by atoms with Crippen LogP contribution in [0.25, 0.3) is 0 Å². The summed E-state index contributed by atoms with van der Waals surface area (Å²) < 4.78 is 10.5. The topological polar surface area (TPSA) is 59.1 Å². The molecule has 1 aliphatic heterocycles. The number of rotatable bonds is 5. The Kier molecular flexibility index (Phi) is 5.49. The van der Waals surface area contributed by atoms with E-state index in [4.69, 9.17) is 9.47 Å². The smallest absolute Gasteiger partial charge is 0.254 e. The molecule has 0 atom stereocenters. The average Bonchev–Trinajstić information content (AvgIpc) is 3.52. The summed E-state index contributed by atoms with van der Waals surface area (Å²) in [5, 5.41) is 0. The van der Waals surface area contributed by atoms with E-state index in [1.807, 2.05) is 11.8 Å². The second-order valence-electron chi connectivity index (χ2n) is 6.85. The van der Waals surface area contributed by atoms with Crippen molar-refractivity contribution in [3.8, 4) is 11.5 Å². The summed E-state index contributed by atoms with van der Waals surface area (Å²) in [6.07, 6.45) is 4.16. The van der Waals surface area contributed by atoms with E-state index in [1.165, 1.54) is 18.4 Å². The summed E-state index contributed by atoms with van der Waals surface area (Å²) in [7, 11) is 3.11. The van der Waals surface area contributed by atoms with Gasteiger partial charge < -0.3 is 19.3 Å². The van der Waals surface area contributed by atoms with Gasteiger partial charge in [0.15, 0.2) is 11.5 Å². The maximum Gasteiger partial charge on any atom is 0.254 e. The summed E-state index contributed by atoms with van der Waals surface area (Å²) in [6.45, 7) is 4.23. The molecule has 140 valence electrons. The summed E-state index contributed by atoms with van der Waals surface area (Å²) in [5.41, 5.74) is 1.74. The molecule has 6 nitrogen and oxygen atoms in total. The molecular formula is C20H26N2O4. The SMILES string of the molecule is COc1ccc(C(=O)N2CCN(C(=O)C=C(C)C3CC3)CC2)cc1OC. The summed E-state index contributed by atoms with van der Waals surface area (Å²) >= 11 is 0. The number of piperazine rings is 1. The first kappa shape index (κ1) is 18.3. The number of carbonyl (C=O) groups is 2. The number of hydrogen-bond donors (Lipinski definition) is 0. The van der Waals surface area contributed by atoms with Gasteiger partial charge >= 0.3 is 0 Å². The zero-order valence-electron chi connectivity index (χ0n) is 15.7. The summed E-state index contributed by atoms with van der Waals surface area (Å²) in [5.74, 6) is 1.74. The van der Waals surface area contributed by atoms with Gasteiger partial charge in [-0.3, -0.25) is 9.59 Å². The number of amides is 2. The van der Waals surface area contributed by atoms with Gasteiger partial charge in [0.05, 0.1) is 14.2 Å². The molecule has 2 fully saturated rings. The predicted molar refractivity (Wildman–Crippen MR) is 98.5 cm³/mol. The number of allylic oxidation sites excluding steroid dienone is 1. The van der Waals surface area contributed by atoms with Crippen molar-refractivity contribution in [1.82, 2.24) is 9.80 Å². The molecule has 1 saturated heterocycles. The van der Waals surface area contributed by atoms with E-state index >= 15 is 0 Å². The quantitative estimate of drug-likeness (QED) is 0.758. The van der Waals surface area contributed by atoms with Crippen LogP contribution in [0.3, 0.4) is 0 Å². The molecular weight excluding hydrogens is 332 g/mol. The number of ether oxygens (including phenoxy) is 2. The van der Waals surface area contributed by atoms with E-state index in [0.717, 1.165) is 0 Å². The summed E-state index contributed by atoms with van der Waals surface area (Å²) in [4.78, 5) is 28.7. The maximum atomic E-state index is 12.7. The second kappa shape index (κ2) is 7.81. The zero-order chi connectivity index (χ0) is 18.7. The van der Waals surface area contributed by atoms with Gasteiger partial charge in [0.1, 0.15) is 0 Å². The fourth-order valence-electron chi connectivity index (χ4n) is 3.22. The monoisotopic (exact) mass is 358 g/mol. The molecule has 26 heavy (non-hydrogen) atoms. The molecule has 0 N–H and O–H groups in total. The summed E-state index contributed by atoms with van der Waals surface area (Å²) in [6, 6.07) is 5.17. The lowest BCUT2D eigenvalue weighted by molar-refractivity contribution is -0.127. The Morgan fingerprint density at radius 3 is 2.19 bits per heavy atom. The lowest BCUT2D eigenvalue weighted by Crippen LogP contribution is -2.50. The molecule has 0 radical (unpaired) electrons. The Morgan fingerprint density at radius 1 is 1.00 bits per heavy atom. The minimum atomic E-state index is -0.0530. The fourth-order valence-corrected chi connectivity index (χ4v) is 3.22. The molecule has 0 unspecified atom stereocenters. The Hall–Kier alpha value is -2.50. The molecule has 3 rings (SSSR count). The Balaban J connectivity index is 1.60. The highest BCUT2D eigenvalue weighted by atomic mass is 16.5. The van der Waals surface area contributed by atoms with E-state index in [0.29, 0.717) is 49.2 Å². The second-order valence-corrected chi connectivity index (χ2v) is 6.85. The van der Waals surface area contributed by atoms with Crippen LogP contribution in [-0.4, -0.2) is 62.0 Å². The van der Waals surface area contributed by atoms with Crippen LogP contribution in [0.2, 0.25) is 0 Å². The van der Waals surface area contributed by atoms with Crippen molar-refractivity contribution in [2.45, 2.75) is 19.8 Å². The molecule has 0 aromatic heterocycles. The highest BCUT2D eigenvalue weighted by molar-refractivity contribution is 5.95. The van der Waals surface area contributed by atoms with Gasteiger partial charge in [-0.1, -0.05) is 5.57 Å². The molecule has 1 aromatic carbocycles. The number of benzene rings is 1. The van der Waals surface area contributed by atoms with E-state index in [1.54, 1.807) is 43.4 Å². The van der Waals surface area contributed by atoms with Crippen LogP contribution in [0.15, 0.2) is 29.8 Å². The molecule has 0 bridgehead atoms. The zero-order valence-corrected chi connectivity index (χ0v) is 15.7. The van der Waals surface area contributed by atoms with E-state index in [9.17, 15) is 9.59 Å². The lowest BCUT2D eigenvalue weighted by Gasteiger charge is -2.34. The predicted octanol–water partition coefficient (Wildman–Crippen LogP) is 2.34. The van der Waals surface area contributed by atoms with Crippen molar-refractivity contribution in [1.29, 1.82) is 0 Å². The van der Waals surface area contributed by atoms with Crippen LogP contribution < -0.4 is 9.47 Å². The third kappa shape index (κ3) is 4.00. The van der Waals surface area contributed by atoms with E-state index in [2.05, 4.69) is 0 Å². The molecule has 1 saturated carbocycles. The van der Waals surface area contributed by atoms with Crippen molar-refractivity contribution in [2.24, 2.45) is 5.92 Å². The lowest BCUT2D eigenvalue weighted by atomic mass is 10.1. The van der Waals surface area contributed by atoms with E-state index < -0.39 is 0 Å². The van der Waals surface area contributed by atoms with Crippen molar-refractivity contribution in [3.05, 3.63) is 35.4 Å². The van der Waals surface area contributed by atoms with Crippen molar-refractivity contribution in [2.75, 3.05) is 40.4 Å². The van der Waals surface area contributed by atoms with E-state index in [-0.39, 0.29) is 11.8 Å². The third-order valence-corrected chi connectivity index (χ3v) is 5.08. The van der Waals surface area contributed by atoms with Crippen molar-refractivity contribution >= 4 is 11.8 Å². The van der Waals surface area contributed by atoms with Crippen molar-refractivity contribution < 1.29 is 19.1 Å². The Labute approximate surface area is 154 Å². The van der Waals surface area contributed by atoms with Crippen LogP contribution in [0, 0.1) is 5.92 Å². The largest absolute Gasteiger partial charge is 0.493 e. The van der Waals surface area contributed by atoms with Gasteiger partial charge in [-0.05, 0) is 43.9 Å². The van der Waals surface area contributed by atoms with Gasteiger partial charge in [-0.25, -0.2) is 0 Å². The molecule has 1 aromatic rings. The molecule has 1 aliphatic carbocycles. The third-order valence-electron chi connectivity index (χ3n) is 5.08. The molecule has 2 aliphatic rings. The normalized spacial score (nSPS) is 17.9. The first-order valence-corrected chi connectivity index (χ1v) is 9.02. The minimum absolute atomic E-state index is 0.0530. The van der Waals surface area contributed by atoms with Crippen LogP contribution in [0.4, 0.5) is 0 Å². The van der Waals surface area contributed by atoms with Crippen LogP contribution in [0.5, 0.6) is 11.5 Å². The van der Waals surface area contributed by atoms with Gasteiger partial charge in [0.25, 0.3) is 5.91 Å². The molecule has 0 spiro atoms. The number of hydrogen-bond acceptors (Lipinski definition) is 4. The number of carbonyl (C=O) groups excluding carboxylic acids is 2. The first-order chi connectivity index (χ1) is 12.5. The number of methoxy groups -OCH3 is 2. The first-order valence-electron chi connectivity index (χ1n) is 9.02. The van der Waals surface area contributed by atoms with Crippen LogP contribution in [0.1, 0.15) is 30.1 Å². The molecule has 2 amide bonds. The Bertz CT molecular complexity index is 717. The highest BCUT2D eigenvalue weighted by Gasteiger charge is 2.27. The average molecular weight is 358 g/mol. The maximum absolute atomic E-state index is 12.7. The minimum Gasteiger partial charge on any atom is -0.493 e. The molecule has 6 heteroatoms. The standard InChI is InChI=1S/C20H26N2O4/c1-14(15-4-5-15)12-19(23)21-8-10-22(11-9-21)20(24)16-6-7-17(25-2)18(13-16)26-3/h6-7,12-13,15H,4-5,8-11H2,1-3H3. The Morgan fingerprint density at radius 2 is 1.62 bits per heavy atom. The number of nitrogens with zero attached hydrogens (tertiary/aromatic N) is 2. The van der Waals surface area contributed by atoms with Crippen LogP contribution >= 0.6 is 0 Å². The fraction of sp³-hybridized carbons (Fsp3) is 0.500. The van der Waals surface area contributed by atoms with Gasteiger partial charge in [-0.2, -0.15) is 0 Å². The molecule has 1 heterocycles. The van der Waals surface area contributed by atoms with Crippen molar-refractivity contribution in [3.63, 3.8) is 0 Å². The van der Waals surface area contributed by atoms with Crippen LogP contribution in [-0.2, 0) is 4.79 Å². The van der Waals surface area contributed by atoms with Gasteiger partial charge in [-0.15, -0.1) is 0 Å². The van der Waals surface area contributed by atoms with Gasteiger partial charge in [0.2, 0.25) is 5.91 Å². The van der Waals surface area contributed by atoms with Gasteiger partial charge in [0, 0.05) is 37.8 Å². The highest BCUT2D eigenvalue weighted by Crippen LogP contribution is 2.36.